The fraction of sp³-hybridized carbons (Fsp3) is 0.524. The van der Waals surface area contributed by atoms with Gasteiger partial charge >= 0.3 is 0 Å². The topological polar surface area (TPSA) is 79.0 Å². The highest BCUT2D eigenvalue weighted by molar-refractivity contribution is 5.76. The highest BCUT2D eigenvalue weighted by Gasteiger charge is 2.24. The summed E-state index contributed by atoms with van der Waals surface area (Å²) in [5, 5.41) is 0. The van der Waals surface area contributed by atoms with Crippen molar-refractivity contribution >= 4 is 5.91 Å². The van der Waals surface area contributed by atoms with Crippen molar-refractivity contribution in [3.8, 4) is 11.4 Å². The normalized spacial score (nSPS) is 14.9. The molecule has 6 nitrogen and oxygen atoms in total. The van der Waals surface area contributed by atoms with Crippen LogP contribution in [-0.4, -0.2) is 38.3 Å². The number of carbonyl (C=O) groups excluding carboxylic acids is 1. The smallest absolute Gasteiger partial charge is 0.254 e. The molecule has 6 heteroatoms. The van der Waals surface area contributed by atoms with Gasteiger partial charge in [0.1, 0.15) is 5.82 Å². The van der Waals surface area contributed by atoms with E-state index in [0.717, 1.165) is 24.9 Å². The Morgan fingerprint density at radius 3 is 2.56 bits per heavy atom. The molecule has 0 bridgehead atoms. The van der Waals surface area contributed by atoms with Crippen LogP contribution < -0.4 is 5.56 Å². The molecule has 0 saturated heterocycles. The van der Waals surface area contributed by atoms with E-state index in [4.69, 9.17) is 0 Å². The Morgan fingerprint density at radius 1 is 1.22 bits per heavy atom. The van der Waals surface area contributed by atoms with Crippen molar-refractivity contribution < 1.29 is 4.79 Å². The summed E-state index contributed by atoms with van der Waals surface area (Å²) in [6, 6.07) is 3.98. The molecule has 0 spiro atoms. The molecule has 1 amide bonds. The summed E-state index contributed by atoms with van der Waals surface area (Å²) >= 11 is 0. The first-order valence-corrected chi connectivity index (χ1v) is 9.89. The SMILES string of the molecule is CCN(C(=O)CCc1c(C)nc(-c2ccncc2)[nH]c1=O)C1CCCCC1. The molecular formula is C21H28N4O2. The molecule has 144 valence electrons. The Balaban J connectivity index is 1.70. The lowest BCUT2D eigenvalue weighted by Gasteiger charge is -2.33. The van der Waals surface area contributed by atoms with Crippen molar-refractivity contribution in [3.63, 3.8) is 0 Å². The largest absolute Gasteiger partial charge is 0.340 e. The van der Waals surface area contributed by atoms with Crippen molar-refractivity contribution in [2.75, 3.05) is 6.54 Å². The van der Waals surface area contributed by atoms with Crippen LogP contribution in [0.4, 0.5) is 0 Å². The first-order chi connectivity index (χ1) is 13.1. The van der Waals surface area contributed by atoms with Gasteiger partial charge in [0.2, 0.25) is 5.91 Å². The molecule has 1 N–H and O–H groups in total. The molecule has 0 atom stereocenters. The van der Waals surface area contributed by atoms with Crippen LogP contribution in [0.1, 0.15) is 56.7 Å². The zero-order chi connectivity index (χ0) is 19.2. The van der Waals surface area contributed by atoms with Gasteiger partial charge in [-0.2, -0.15) is 0 Å². The van der Waals surface area contributed by atoms with E-state index < -0.39 is 0 Å². The average molecular weight is 368 g/mol. The molecule has 2 aromatic rings. The van der Waals surface area contributed by atoms with Crippen molar-refractivity contribution in [2.45, 2.75) is 64.8 Å². The van der Waals surface area contributed by atoms with Crippen LogP contribution in [0.15, 0.2) is 29.3 Å². The molecule has 0 unspecified atom stereocenters. The number of H-pyrrole nitrogens is 1. The maximum atomic E-state index is 12.7. The second-order valence-electron chi connectivity index (χ2n) is 7.19. The fourth-order valence-electron chi connectivity index (χ4n) is 3.96. The Kier molecular flexibility index (Phi) is 6.37. The van der Waals surface area contributed by atoms with Gasteiger partial charge in [0.05, 0.1) is 0 Å². The maximum Gasteiger partial charge on any atom is 0.254 e. The van der Waals surface area contributed by atoms with Gasteiger partial charge in [-0.15, -0.1) is 0 Å². The number of nitrogens with zero attached hydrogens (tertiary/aromatic N) is 3. The highest BCUT2D eigenvalue weighted by Crippen LogP contribution is 2.23. The van der Waals surface area contributed by atoms with Crippen LogP contribution in [-0.2, 0) is 11.2 Å². The van der Waals surface area contributed by atoms with Gasteiger partial charge in [0.25, 0.3) is 5.56 Å². The second kappa shape index (κ2) is 8.93. The standard InChI is InChI=1S/C21H28N4O2/c1-3-25(17-7-5-4-6-8-17)19(26)10-9-18-15(2)23-20(24-21(18)27)16-11-13-22-14-12-16/h11-14,17H,3-10H2,1-2H3,(H,23,24,27). The van der Waals surface area contributed by atoms with Crippen LogP contribution in [0, 0.1) is 6.92 Å². The molecule has 1 aliphatic carbocycles. The molecule has 1 aliphatic rings. The van der Waals surface area contributed by atoms with E-state index in [1.54, 1.807) is 12.4 Å². The van der Waals surface area contributed by atoms with Gasteiger partial charge in [-0.1, -0.05) is 19.3 Å². The third-order valence-electron chi connectivity index (χ3n) is 5.44. The fourth-order valence-corrected chi connectivity index (χ4v) is 3.96. The molecule has 0 aliphatic heterocycles. The first kappa shape index (κ1) is 19.3. The Labute approximate surface area is 160 Å². The summed E-state index contributed by atoms with van der Waals surface area (Å²) < 4.78 is 0. The number of aromatic amines is 1. The molecule has 3 rings (SSSR count). The molecule has 2 heterocycles. The van der Waals surface area contributed by atoms with Crippen LogP contribution in [0.2, 0.25) is 0 Å². The molecular weight excluding hydrogens is 340 g/mol. The van der Waals surface area contributed by atoms with Crippen molar-refractivity contribution in [1.29, 1.82) is 0 Å². The number of nitrogens with one attached hydrogen (secondary N) is 1. The predicted octanol–water partition coefficient (Wildman–Crippen LogP) is 3.25. The number of rotatable bonds is 6. The summed E-state index contributed by atoms with van der Waals surface area (Å²) in [5.41, 5.74) is 1.94. The van der Waals surface area contributed by atoms with Gasteiger partial charge < -0.3 is 9.88 Å². The van der Waals surface area contributed by atoms with Crippen LogP contribution in [0.5, 0.6) is 0 Å². The Hall–Kier alpha value is -2.50. The van der Waals surface area contributed by atoms with Gasteiger partial charge in [-0.25, -0.2) is 4.98 Å². The number of aryl methyl sites for hydroxylation is 1. The van der Waals surface area contributed by atoms with E-state index in [0.29, 0.717) is 36.0 Å². The summed E-state index contributed by atoms with van der Waals surface area (Å²) in [7, 11) is 0. The average Bonchev–Trinajstić information content (AvgIpc) is 2.69. The van der Waals surface area contributed by atoms with E-state index >= 15 is 0 Å². The third kappa shape index (κ3) is 4.62. The lowest BCUT2D eigenvalue weighted by Crippen LogP contribution is -2.41. The summed E-state index contributed by atoms with van der Waals surface area (Å²) in [6.45, 7) is 4.60. The van der Waals surface area contributed by atoms with E-state index in [-0.39, 0.29) is 11.5 Å². The van der Waals surface area contributed by atoms with E-state index in [1.165, 1.54) is 19.3 Å². The summed E-state index contributed by atoms with van der Waals surface area (Å²) in [5.74, 6) is 0.675. The van der Waals surface area contributed by atoms with Crippen LogP contribution in [0.3, 0.4) is 0 Å². The van der Waals surface area contributed by atoms with Gasteiger partial charge in [0, 0.05) is 48.2 Å². The maximum absolute atomic E-state index is 12.7. The first-order valence-electron chi connectivity index (χ1n) is 9.89. The number of aromatic nitrogens is 3. The monoisotopic (exact) mass is 368 g/mol. The number of hydrogen-bond donors (Lipinski definition) is 1. The molecule has 1 fully saturated rings. The Morgan fingerprint density at radius 2 is 1.93 bits per heavy atom. The zero-order valence-corrected chi connectivity index (χ0v) is 16.2. The molecule has 0 aromatic carbocycles. The molecule has 27 heavy (non-hydrogen) atoms. The molecule has 0 radical (unpaired) electrons. The summed E-state index contributed by atoms with van der Waals surface area (Å²) in [6.07, 6.45) is 9.98. The molecule has 2 aromatic heterocycles. The highest BCUT2D eigenvalue weighted by atomic mass is 16.2. The second-order valence-corrected chi connectivity index (χ2v) is 7.19. The van der Waals surface area contributed by atoms with E-state index in [9.17, 15) is 9.59 Å². The number of hydrogen-bond acceptors (Lipinski definition) is 4. The lowest BCUT2D eigenvalue weighted by atomic mass is 9.94. The predicted molar refractivity (Wildman–Crippen MR) is 105 cm³/mol. The number of amides is 1. The molecule has 1 saturated carbocycles. The Bertz CT molecular complexity index is 826. The minimum absolute atomic E-state index is 0.140. The summed E-state index contributed by atoms with van der Waals surface area (Å²) in [4.78, 5) is 38.7. The lowest BCUT2D eigenvalue weighted by molar-refractivity contribution is -0.133. The zero-order valence-electron chi connectivity index (χ0n) is 16.2. The van der Waals surface area contributed by atoms with E-state index in [2.05, 4.69) is 15.0 Å². The minimum atomic E-state index is -0.164. The number of carbonyl (C=O) groups is 1. The third-order valence-corrected chi connectivity index (χ3v) is 5.44. The van der Waals surface area contributed by atoms with Crippen molar-refractivity contribution in [2.24, 2.45) is 0 Å². The van der Waals surface area contributed by atoms with Gasteiger partial charge in [-0.05, 0) is 45.2 Å². The van der Waals surface area contributed by atoms with Gasteiger partial charge in [-0.3, -0.25) is 14.6 Å². The van der Waals surface area contributed by atoms with Crippen LogP contribution >= 0.6 is 0 Å². The minimum Gasteiger partial charge on any atom is -0.340 e. The van der Waals surface area contributed by atoms with Gasteiger partial charge in [0.15, 0.2) is 0 Å². The van der Waals surface area contributed by atoms with E-state index in [1.807, 2.05) is 30.9 Å². The number of pyridine rings is 1. The van der Waals surface area contributed by atoms with Crippen LogP contribution in [0.25, 0.3) is 11.4 Å². The van der Waals surface area contributed by atoms with Crippen molar-refractivity contribution in [3.05, 3.63) is 46.1 Å². The quantitative estimate of drug-likeness (QED) is 0.849. The van der Waals surface area contributed by atoms with Crippen molar-refractivity contribution in [1.82, 2.24) is 19.9 Å².